The molecule has 0 bridgehead atoms. The van der Waals surface area contributed by atoms with Gasteiger partial charge in [-0.2, -0.15) is 13.2 Å². The Bertz CT molecular complexity index is 457. The Morgan fingerprint density at radius 2 is 2.11 bits per heavy atom. The SMILES string of the molecule is CC1CSC(=NCc2ccccc2C(F)(F)F)N1. The van der Waals surface area contributed by atoms with Gasteiger partial charge in [0, 0.05) is 11.8 Å². The number of hydrogen-bond donors (Lipinski definition) is 1. The Kier molecular flexibility index (Phi) is 3.85. The lowest BCUT2D eigenvalue weighted by atomic mass is 10.1. The van der Waals surface area contributed by atoms with Gasteiger partial charge in [-0.05, 0) is 18.6 Å². The molecule has 1 aromatic rings. The third kappa shape index (κ3) is 3.19. The van der Waals surface area contributed by atoms with Crippen molar-refractivity contribution in [2.24, 2.45) is 4.99 Å². The molecule has 18 heavy (non-hydrogen) atoms. The molecule has 1 saturated heterocycles. The fourth-order valence-electron chi connectivity index (χ4n) is 1.68. The van der Waals surface area contributed by atoms with Crippen LogP contribution in [0.25, 0.3) is 0 Å². The summed E-state index contributed by atoms with van der Waals surface area (Å²) in [4.78, 5) is 4.19. The van der Waals surface area contributed by atoms with E-state index in [0.29, 0.717) is 6.04 Å². The third-order valence-electron chi connectivity index (χ3n) is 2.56. The van der Waals surface area contributed by atoms with E-state index in [-0.39, 0.29) is 12.1 Å². The highest BCUT2D eigenvalue weighted by Gasteiger charge is 2.32. The van der Waals surface area contributed by atoms with E-state index in [1.807, 2.05) is 6.92 Å². The van der Waals surface area contributed by atoms with E-state index in [9.17, 15) is 13.2 Å². The zero-order chi connectivity index (χ0) is 13.2. The minimum atomic E-state index is -4.32. The molecule has 0 radical (unpaired) electrons. The van der Waals surface area contributed by atoms with Gasteiger partial charge >= 0.3 is 6.18 Å². The zero-order valence-corrected chi connectivity index (χ0v) is 10.6. The predicted molar refractivity (Wildman–Crippen MR) is 67.6 cm³/mol. The normalized spacial score (nSPS) is 22.2. The van der Waals surface area contributed by atoms with E-state index in [0.717, 1.165) is 17.0 Å². The van der Waals surface area contributed by atoms with Crippen LogP contribution in [0.5, 0.6) is 0 Å². The van der Waals surface area contributed by atoms with Gasteiger partial charge in [-0.1, -0.05) is 30.0 Å². The second-order valence-corrected chi connectivity index (χ2v) is 5.14. The van der Waals surface area contributed by atoms with Gasteiger partial charge in [0.15, 0.2) is 5.17 Å². The van der Waals surface area contributed by atoms with Crippen LogP contribution in [-0.4, -0.2) is 17.0 Å². The van der Waals surface area contributed by atoms with Crippen LogP contribution >= 0.6 is 11.8 Å². The Hall–Kier alpha value is -1.17. The number of benzene rings is 1. The van der Waals surface area contributed by atoms with Crippen LogP contribution in [0.1, 0.15) is 18.1 Å². The van der Waals surface area contributed by atoms with Crippen LogP contribution in [0.4, 0.5) is 13.2 Å². The molecule has 98 valence electrons. The summed E-state index contributed by atoms with van der Waals surface area (Å²) in [6, 6.07) is 5.88. The average molecular weight is 274 g/mol. The molecule has 1 atom stereocenters. The van der Waals surface area contributed by atoms with Gasteiger partial charge in [0.25, 0.3) is 0 Å². The molecule has 0 aliphatic carbocycles. The molecule has 0 aromatic heterocycles. The molecule has 1 heterocycles. The van der Waals surface area contributed by atoms with E-state index in [2.05, 4.69) is 10.3 Å². The fourth-order valence-corrected chi connectivity index (χ4v) is 2.61. The second kappa shape index (κ2) is 5.22. The first-order valence-electron chi connectivity index (χ1n) is 5.55. The highest BCUT2D eigenvalue weighted by atomic mass is 32.2. The smallest absolute Gasteiger partial charge is 0.362 e. The van der Waals surface area contributed by atoms with Crippen LogP contribution in [0, 0.1) is 0 Å². The van der Waals surface area contributed by atoms with Crippen LogP contribution in [0.2, 0.25) is 0 Å². The van der Waals surface area contributed by atoms with Gasteiger partial charge in [0.1, 0.15) is 0 Å². The van der Waals surface area contributed by atoms with Crippen molar-refractivity contribution in [1.29, 1.82) is 0 Å². The molecule has 6 heteroatoms. The van der Waals surface area contributed by atoms with Crippen molar-refractivity contribution in [1.82, 2.24) is 5.32 Å². The van der Waals surface area contributed by atoms with Gasteiger partial charge in [-0.3, -0.25) is 4.99 Å². The summed E-state index contributed by atoms with van der Waals surface area (Å²) in [5.41, 5.74) is -0.398. The molecule has 1 N–H and O–H groups in total. The second-order valence-electron chi connectivity index (χ2n) is 4.13. The lowest BCUT2D eigenvalue weighted by Crippen LogP contribution is -2.23. The quantitative estimate of drug-likeness (QED) is 0.895. The number of rotatable bonds is 2. The number of halogens is 3. The van der Waals surface area contributed by atoms with Gasteiger partial charge in [0.2, 0.25) is 0 Å². The van der Waals surface area contributed by atoms with Crippen LogP contribution in [0.3, 0.4) is 0 Å². The number of alkyl halides is 3. The Morgan fingerprint density at radius 1 is 1.39 bits per heavy atom. The number of thioether (sulfide) groups is 1. The van der Waals surface area contributed by atoms with Crippen LogP contribution < -0.4 is 5.32 Å². The lowest BCUT2D eigenvalue weighted by molar-refractivity contribution is -0.138. The maximum Gasteiger partial charge on any atom is 0.416 e. The Labute approximate surface area is 108 Å². The summed E-state index contributed by atoms with van der Waals surface area (Å²) < 4.78 is 38.2. The molecule has 1 unspecified atom stereocenters. The number of nitrogens with one attached hydrogen (secondary N) is 1. The number of aliphatic imine (C=N–C) groups is 1. The number of amidine groups is 1. The van der Waals surface area contributed by atoms with Crippen LogP contribution in [-0.2, 0) is 12.7 Å². The van der Waals surface area contributed by atoms with E-state index < -0.39 is 11.7 Å². The molecule has 0 saturated carbocycles. The maximum atomic E-state index is 12.7. The molecular formula is C12H13F3N2S. The molecule has 2 nitrogen and oxygen atoms in total. The number of hydrogen-bond acceptors (Lipinski definition) is 2. The fraction of sp³-hybridized carbons (Fsp3) is 0.417. The Balaban J connectivity index is 2.15. The van der Waals surface area contributed by atoms with E-state index >= 15 is 0 Å². The van der Waals surface area contributed by atoms with Crippen molar-refractivity contribution >= 4 is 16.9 Å². The number of nitrogens with zero attached hydrogens (tertiary/aromatic N) is 1. The Morgan fingerprint density at radius 3 is 2.72 bits per heavy atom. The zero-order valence-electron chi connectivity index (χ0n) is 9.79. The third-order valence-corrected chi connectivity index (χ3v) is 3.74. The van der Waals surface area contributed by atoms with Crippen molar-refractivity contribution in [3.8, 4) is 0 Å². The van der Waals surface area contributed by atoms with E-state index in [1.165, 1.54) is 12.1 Å². The van der Waals surface area contributed by atoms with Crippen LogP contribution in [0.15, 0.2) is 29.3 Å². The summed E-state index contributed by atoms with van der Waals surface area (Å²) >= 11 is 1.54. The first kappa shape index (κ1) is 13.3. The van der Waals surface area contributed by atoms with E-state index in [4.69, 9.17) is 0 Å². The molecule has 2 rings (SSSR count). The summed E-state index contributed by atoms with van der Waals surface area (Å²) in [5, 5.41) is 3.84. The lowest BCUT2D eigenvalue weighted by Gasteiger charge is -2.11. The first-order chi connectivity index (χ1) is 8.47. The van der Waals surface area contributed by atoms with Gasteiger partial charge in [0.05, 0.1) is 12.1 Å². The maximum absolute atomic E-state index is 12.7. The predicted octanol–water partition coefficient (Wildman–Crippen LogP) is 3.29. The van der Waals surface area contributed by atoms with Gasteiger partial charge < -0.3 is 5.32 Å². The highest BCUT2D eigenvalue weighted by molar-refractivity contribution is 8.14. The van der Waals surface area contributed by atoms with Crippen molar-refractivity contribution < 1.29 is 13.2 Å². The molecule has 1 aliphatic heterocycles. The molecule has 1 fully saturated rings. The minimum absolute atomic E-state index is 0.0533. The summed E-state index contributed by atoms with van der Waals surface area (Å²) in [5.74, 6) is 0.903. The van der Waals surface area contributed by atoms with Gasteiger partial charge in [-0.25, -0.2) is 0 Å². The first-order valence-corrected chi connectivity index (χ1v) is 6.54. The molecule has 1 aliphatic rings. The monoisotopic (exact) mass is 274 g/mol. The molecule has 0 amide bonds. The van der Waals surface area contributed by atoms with Crippen molar-refractivity contribution in [3.05, 3.63) is 35.4 Å². The topological polar surface area (TPSA) is 24.4 Å². The summed E-state index contributed by atoms with van der Waals surface area (Å²) in [7, 11) is 0. The highest BCUT2D eigenvalue weighted by Crippen LogP contribution is 2.32. The largest absolute Gasteiger partial charge is 0.416 e. The summed E-state index contributed by atoms with van der Waals surface area (Å²) in [6.45, 7) is 2.07. The van der Waals surface area contributed by atoms with Gasteiger partial charge in [-0.15, -0.1) is 0 Å². The minimum Gasteiger partial charge on any atom is -0.362 e. The molecule has 0 spiro atoms. The molecular weight excluding hydrogens is 261 g/mol. The molecule has 1 aromatic carbocycles. The average Bonchev–Trinajstić information content (AvgIpc) is 2.72. The van der Waals surface area contributed by atoms with Crippen molar-refractivity contribution in [3.63, 3.8) is 0 Å². The van der Waals surface area contributed by atoms with E-state index in [1.54, 1.807) is 17.8 Å². The summed E-state index contributed by atoms with van der Waals surface area (Å²) in [6.07, 6.45) is -4.32. The van der Waals surface area contributed by atoms with Crippen molar-refractivity contribution in [2.75, 3.05) is 5.75 Å². The standard InChI is InChI=1S/C12H13F3N2S/c1-8-7-18-11(17-8)16-6-9-4-2-3-5-10(9)12(13,14)15/h2-5,8H,6-7H2,1H3,(H,16,17). The van der Waals surface area contributed by atoms with Crippen molar-refractivity contribution in [2.45, 2.75) is 25.7 Å².